The minimum Gasteiger partial charge on any atom is -0.495 e. The topological polar surface area (TPSA) is 95.9 Å². The van der Waals surface area contributed by atoms with Crippen LogP contribution in [0.15, 0.2) is 35.5 Å². The zero-order chi connectivity index (χ0) is 16.7. The Balaban J connectivity index is 0.00000182. The lowest BCUT2D eigenvalue weighted by molar-refractivity contribution is 0.413. The van der Waals surface area contributed by atoms with Crippen molar-refractivity contribution in [3.05, 3.63) is 52.3 Å². The highest BCUT2D eigenvalue weighted by atomic mass is 35.5. The number of rotatable bonds is 2. The van der Waals surface area contributed by atoms with Crippen molar-refractivity contribution in [3.8, 4) is 11.4 Å². The number of nitrogens with zero attached hydrogens (tertiary/aromatic N) is 4. The summed E-state index contributed by atoms with van der Waals surface area (Å²) in [5.41, 5.74) is 9.71. The highest BCUT2D eigenvalue weighted by molar-refractivity contribution is 5.85. The van der Waals surface area contributed by atoms with E-state index in [1.807, 2.05) is 6.07 Å². The number of nitrogens with two attached hydrogens (primary N) is 1. The first-order chi connectivity index (χ1) is 11.7. The van der Waals surface area contributed by atoms with Gasteiger partial charge in [0.25, 0.3) is 5.56 Å². The van der Waals surface area contributed by atoms with Crippen molar-refractivity contribution in [3.63, 3.8) is 0 Å². The molecule has 1 aliphatic carbocycles. The monoisotopic (exact) mass is 359 g/mol. The molecule has 0 radical (unpaired) electrons. The Labute approximate surface area is 150 Å². The van der Waals surface area contributed by atoms with Crippen LogP contribution < -0.4 is 16.0 Å². The molecule has 0 spiro atoms. The van der Waals surface area contributed by atoms with Crippen molar-refractivity contribution in [2.24, 2.45) is 5.73 Å². The molecule has 1 unspecified atom stereocenters. The van der Waals surface area contributed by atoms with E-state index in [1.54, 1.807) is 30.1 Å². The van der Waals surface area contributed by atoms with E-state index in [0.717, 1.165) is 30.5 Å². The van der Waals surface area contributed by atoms with Crippen LogP contribution in [0.5, 0.6) is 5.75 Å². The maximum absolute atomic E-state index is 12.4. The first-order valence-electron chi connectivity index (χ1n) is 7.81. The molecule has 7 nitrogen and oxygen atoms in total. The third-order valence-corrected chi connectivity index (χ3v) is 4.36. The van der Waals surface area contributed by atoms with Crippen LogP contribution >= 0.6 is 12.4 Å². The van der Waals surface area contributed by atoms with Gasteiger partial charge in [0.2, 0.25) is 0 Å². The summed E-state index contributed by atoms with van der Waals surface area (Å²) in [7, 11) is 1.56. The Morgan fingerprint density at radius 1 is 1.20 bits per heavy atom. The van der Waals surface area contributed by atoms with Crippen LogP contribution in [0.1, 0.15) is 17.7 Å². The second kappa shape index (κ2) is 6.78. The molecule has 3 aromatic rings. The number of hydrogen-bond donors (Lipinski definition) is 1. The summed E-state index contributed by atoms with van der Waals surface area (Å²) < 4.78 is 6.79. The number of aromatic nitrogens is 4. The zero-order valence-electron chi connectivity index (χ0n) is 13.7. The second-order valence-corrected chi connectivity index (χ2v) is 5.95. The highest BCUT2D eigenvalue weighted by Gasteiger charge is 2.18. The molecule has 0 saturated carbocycles. The molecule has 1 atom stereocenters. The van der Waals surface area contributed by atoms with Crippen LogP contribution in [0.25, 0.3) is 16.9 Å². The van der Waals surface area contributed by atoms with Crippen molar-refractivity contribution in [2.45, 2.75) is 25.3 Å². The molecule has 0 saturated heterocycles. The van der Waals surface area contributed by atoms with E-state index in [4.69, 9.17) is 10.5 Å². The Morgan fingerprint density at radius 3 is 2.80 bits per heavy atom. The van der Waals surface area contributed by atoms with Gasteiger partial charge in [0.1, 0.15) is 5.75 Å². The van der Waals surface area contributed by atoms with Crippen molar-refractivity contribution in [1.29, 1.82) is 0 Å². The number of ether oxygens (including phenoxy) is 1. The molecule has 8 heteroatoms. The number of hydrogen-bond acceptors (Lipinski definition) is 6. The quantitative estimate of drug-likeness (QED) is 0.743. The molecule has 25 heavy (non-hydrogen) atoms. The van der Waals surface area contributed by atoms with E-state index in [2.05, 4.69) is 15.0 Å². The largest absolute Gasteiger partial charge is 0.495 e. The van der Waals surface area contributed by atoms with Gasteiger partial charge < -0.3 is 10.5 Å². The second-order valence-electron chi connectivity index (χ2n) is 5.95. The molecule has 3 aromatic heterocycles. The molecule has 4 rings (SSSR count). The maximum atomic E-state index is 12.4. The van der Waals surface area contributed by atoms with E-state index in [1.165, 1.54) is 6.20 Å². The normalized spacial score (nSPS) is 16.2. The van der Waals surface area contributed by atoms with Crippen molar-refractivity contribution >= 4 is 23.6 Å². The van der Waals surface area contributed by atoms with E-state index in [-0.39, 0.29) is 24.0 Å². The summed E-state index contributed by atoms with van der Waals surface area (Å²) in [6.07, 6.45) is 7.14. The van der Waals surface area contributed by atoms with Gasteiger partial charge in [-0.1, -0.05) is 0 Å². The van der Waals surface area contributed by atoms with E-state index in [9.17, 15) is 4.79 Å². The van der Waals surface area contributed by atoms with Crippen LogP contribution in [-0.4, -0.2) is 32.7 Å². The molecule has 130 valence electrons. The number of methoxy groups -OCH3 is 1. The van der Waals surface area contributed by atoms with Crippen molar-refractivity contribution < 1.29 is 4.74 Å². The number of aryl methyl sites for hydroxylation is 1. The molecule has 0 aromatic carbocycles. The predicted molar refractivity (Wildman–Crippen MR) is 96.7 cm³/mol. The summed E-state index contributed by atoms with van der Waals surface area (Å²) in [5, 5.41) is 0. The molecular weight excluding hydrogens is 342 g/mol. The van der Waals surface area contributed by atoms with Gasteiger partial charge in [0.05, 0.1) is 36.9 Å². The molecule has 3 heterocycles. The lowest BCUT2D eigenvalue weighted by atomic mass is 9.92. The summed E-state index contributed by atoms with van der Waals surface area (Å²) >= 11 is 0. The fourth-order valence-electron chi connectivity index (χ4n) is 3.10. The molecule has 1 aliphatic rings. The third kappa shape index (κ3) is 3.08. The molecule has 0 fully saturated rings. The summed E-state index contributed by atoms with van der Waals surface area (Å²) in [4.78, 5) is 25.3. The van der Waals surface area contributed by atoms with Crippen LogP contribution in [-0.2, 0) is 12.8 Å². The third-order valence-electron chi connectivity index (χ3n) is 4.36. The first kappa shape index (κ1) is 17.3. The smallest absolute Gasteiger partial charge is 0.274 e. The van der Waals surface area contributed by atoms with Crippen LogP contribution in [0.4, 0.5) is 0 Å². The lowest BCUT2D eigenvalue weighted by Crippen LogP contribution is -2.29. The number of fused-ring (bicyclic) bond motifs is 2. The van der Waals surface area contributed by atoms with Crippen LogP contribution in [0.2, 0.25) is 0 Å². The van der Waals surface area contributed by atoms with Crippen molar-refractivity contribution in [2.75, 3.05) is 7.11 Å². The SMILES string of the molecule is COc1cnc2ncc(=O)n(-c3cnc4c(c3)CCC(N)C4)c2c1.Cl. The van der Waals surface area contributed by atoms with Gasteiger partial charge in [-0.15, -0.1) is 12.4 Å². The van der Waals surface area contributed by atoms with Crippen molar-refractivity contribution in [1.82, 2.24) is 19.5 Å². The zero-order valence-corrected chi connectivity index (χ0v) is 14.5. The summed E-state index contributed by atoms with van der Waals surface area (Å²) in [6, 6.07) is 3.93. The van der Waals surface area contributed by atoms with E-state index >= 15 is 0 Å². The van der Waals surface area contributed by atoms with Gasteiger partial charge in [-0.05, 0) is 24.5 Å². The van der Waals surface area contributed by atoms with Gasteiger partial charge in [-0.2, -0.15) is 0 Å². The minimum absolute atomic E-state index is 0. The number of pyridine rings is 2. The maximum Gasteiger partial charge on any atom is 0.274 e. The average Bonchev–Trinajstić information content (AvgIpc) is 2.60. The standard InChI is InChI=1S/C17H17N5O2.ClH/c1-24-13-6-15-17(20-8-13)21-9-16(23)22(15)12-4-10-2-3-11(18)5-14(10)19-7-12;/h4,6-9,11H,2-3,5,18H2,1H3;1H. The van der Waals surface area contributed by atoms with E-state index in [0.29, 0.717) is 22.6 Å². The van der Waals surface area contributed by atoms with Gasteiger partial charge in [0, 0.05) is 24.2 Å². The first-order valence-corrected chi connectivity index (χ1v) is 7.81. The molecule has 0 amide bonds. The Hall–Kier alpha value is -2.51. The Kier molecular flexibility index (Phi) is 4.69. The summed E-state index contributed by atoms with van der Waals surface area (Å²) in [6.45, 7) is 0. The van der Waals surface area contributed by atoms with E-state index < -0.39 is 0 Å². The fourth-order valence-corrected chi connectivity index (χ4v) is 3.10. The number of halogens is 1. The molecule has 0 bridgehead atoms. The van der Waals surface area contributed by atoms with Crippen LogP contribution in [0, 0.1) is 0 Å². The molecule has 2 N–H and O–H groups in total. The Bertz CT molecular complexity index is 988. The molecular formula is C17H18ClN5O2. The van der Waals surface area contributed by atoms with Gasteiger partial charge >= 0.3 is 0 Å². The van der Waals surface area contributed by atoms with Crippen LogP contribution in [0.3, 0.4) is 0 Å². The van der Waals surface area contributed by atoms with Gasteiger partial charge in [-0.25, -0.2) is 9.97 Å². The van der Waals surface area contributed by atoms with Gasteiger partial charge in [0.15, 0.2) is 5.65 Å². The molecule has 0 aliphatic heterocycles. The lowest BCUT2D eigenvalue weighted by Gasteiger charge is -2.21. The minimum atomic E-state index is -0.230. The Morgan fingerprint density at radius 2 is 2.00 bits per heavy atom. The highest BCUT2D eigenvalue weighted by Crippen LogP contribution is 2.23. The predicted octanol–water partition coefficient (Wildman–Crippen LogP) is 1.42. The summed E-state index contributed by atoms with van der Waals surface area (Å²) in [5.74, 6) is 0.570. The van der Waals surface area contributed by atoms with Gasteiger partial charge in [-0.3, -0.25) is 14.3 Å². The fraction of sp³-hybridized carbons (Fsp3) is 0.294. The average molecular weight is 360 g/mol.